The summed E-state index contributed by atoms with van der Waals surface area (Å²) in [5.74, 6) is 0.726. The van der Waals surface area contributed by atoms with Gasteiger partial charge in [-0.1, -0.05) is 6.92 Å². The van der Waals surface area contributed by atoms with Crippen LogP contribution in [0.3, 0.4) is 0 Å². The van der Waals surface area contributed by atoms with E-state index in [1.165, 1.54) is 9.25 Å². The van der Waals surface area contributed by atoms with Crippen molar-refractivity contribution >= 4 is 5.91 Å². The maximum atomic E-state index is 12.4. The van der Waals surface area contributed by atoms with Gasteiger partial charge in [-0.05, 0) is 19.3 Å². The predicted octanol–water partition coefficient (Wildman–Crippen LogP) is -0.484. The molecular weight excluding hydrogens is 312 g/mol. The Kier molecular flexibility index (Phi) is 4.52. The summed E-state index contributed by atoms with van der Waals surface area (Å²) in [6.07, 6.45) is 1.53. The lowest BCUT2D eigenvalue weighted by molar-refractivity contribution is -0.162. The maximum Gasteiger partial charge on any atom is 0.345 e. The molecule has 2 heterocycles. The number of hydrogen-bond acceptors (Lipinski definition) is 5. The number of hydrogen-bond donors (Lipinski definition) is 2. The lowest BCUT2D eigenvalue weighted by Gasteiger charge is -2.39. The van der Waals surface area contributed by atoms with Gasteiger partial charge in [-0.15, -0.1) is 0 Å². The maximum absolute atomic E-state index is 12.4. The van der Waals surface area contributed by atoms with Gasteiger partial charge in [-0.2, -0.15) is 5.10 Å². The number of aliphatic hydroxyl groups excluding tert-OH is 1. The molecule has 1 saturated heterocycles. The van der Waals surface area contributed by atoms with Gasteiger partial charge in [0.05, 0.1) is 24.7 Å². The zero-order valence-electron chi connectivity index (χ0n) is 14.5. The van der Waals surface area contributed by atoms with Crippen LogP contribution in [0.2, 0.25) is 0 Å². The standard InChI is InChI=1S/C16H26N4O4/c1-4-16(8-24-9-16)14(22)17-7-11-5-10(6-12(11)21)13-18-20(3)15(23)19(13)2/h10-12,21H,4-9H2,1-3H3,(H,17,22)/t10-,11+,12+/m0/s1. The highest BCUT2D eigenvalue weighted by atomic mass is 16.5. The first-order valence-corrected chi connectivity index (χ1v) is 8.52. The van der Waals surface area contributed by atoms with Gasteiger partial charge in [-0.25, -0.2) is 9.48 Å². The number of aliphatic hydroxyl groups is 1. The van der Waals surface area contributed by atoms with Crippen LogP contribution in [-0.4, -0.2) is 51.2 Å². The largest absolute Gasteiger partial charge is 0.393 e. The van der Waals surface area contributed by atoms with E-state index in [0.29, 0.717) is 38.4 Å². The highest BCUT2D eigenvalue weighted by Gasteiger charge is 2.45. The van der Waals surface area contributed by atoms with Crippen LogP contribution in [0.5, 0.6) is 0 Å². The first-order valence-electron chi connectivity index (χ1n) is 8.52. The number of ether oxygens (including phenoxy) is 1. The van der Waals surface area contributed by atoms with Gasteiger partial charge in [-0.3, -0.25) is 9.36 Å². The Balaban J connectivity index is 1.61. The molecule has 8 heteroatoms. The Morgan fingerprint density at radius 3 is 2.62 bits per heavy atom. The SMILES string of the molecule is CCC1(C(=O)NC[C@H]2C[C@H](c3nn(C)c(=O)n3C)C[C@H]2O)COC1. The summed E-state index contributed by atoms with van der Waals surface area (Å²) in [4.78, 5) is 24.2. The molecule has 2 aliphatic rings. The molecule has 0 unspecified atom stereocenters. The Hall–Kier alpha value is -1.67. The summed E-state index contributed by atoms with van der Waals surface area (Å²) >= 11 is 0. The number of aryl methyl sites for hydroxylation is 1. The van der Waals surface area contributed by atoms with Gasteiger partial charge in [0, 0.05) is 32.5 Å². The molecule has 0 radical (unpaired) electrons. The Bertz CT molecular complexity index is 671. The second kappa shape index (κ2) is 6.33. The van der Waals surface area contributed by atoms with Crippen molar-refractivity contribution in [2.45, 2.75) is 38.2 Å². The lowest BCUT2D eigenvalue weighted by Crippen LogP contribution is -2.54. The topological polar surface area (TPSA) is 98.4 Å². The van der Waals surface area contributed by atoms with Crippen LogP contribution in [0.15, 0.2) is 4.79 Å². The van der Waals surface area contributed by atoms with E-state index < -0.39 is 11.5 Å². The fourth-order valence-electron chi connectivity index (χ4n) is 3.72. The average Bonchev–Trinajstić information content (AvgIpc) is 3.00. The molecular formula is C16H26N4O4. The van der Waals surface area contributed by atoms with Crippen molar-refractivity contribution in [2.75, 3.05) is 19.8 Å². The molecule has 1 saturated carbocycles. The van der Waals surface area contributed by atoms with Crippen LogP contribution in [0.25, 0.3) is 0 Å². The Labute approximate surface area is 140 Å². The second-order valence-electron chi connectivity index (χ2n) is 7.16. The molecule has 1 aliphatic heterocycles. The van der Waals surface area contributed by atoms with Crippen LogP contribution >= 0.6 is 0 Å². The summed E-state index contributed by atoms with van der Waals surface area (Å²) in [5.41, 5.74) is -0.556. The Morgan fingerprint density at radius 2 is 2.12 bits per heavy atom. The predicted molar refractivity (Wildman–Crippen MR) is 86.5 cm³/mol. The third-order valence-corrected chi connectivity index (χ3v) is 5.62. The minimum absolute atomic E-state index is 0.0112. The van der Waals surface area contributed by atoms with Crippen molar-refractivity contribution in [3.8, 4) is 0 Å². The highest BCUT2D eigenvalue weighted by molar-refractivity contribution is 5.83. The quantitative estimate of drug-likeness (QED) is 0.755. The van der Waals surface area contributed by atoms with Gasteiger partial charge in [0.2, 0.25) is 5.91 Å². The number of carbonyl (C=O) groups excluding carboxylic acids is 1. The number of carbonyl (C=O) groups is 1. The number of amides is 1. The molecule has 24 heavy (non-hydrogen) atoms. The van der Waals surface area contributed by atoms with Crippen molar-refractivity contribution in [1.29, 1.82) is 0 Å². The van der Waals surface area contributed by atoms with Crippen molar-refractivity contribution in [3.05, 3.63) is 16.3 Å². The van der Waals surface area contributed by atoms with E-state index in [-0.39, 0.29) is 23.4 Å². The number of nitrogens with one attached hydrogen (secondary N) is 1. The number of rotatable bonds is 5. The molecule has 1 aromatic rings. The van der Waals surface area contributed by atoms with E-state index in [4.69, 9.17) is 4.74 Å². The molecule has 1 amide bonds. The van der Waals surface area contributed by atoms with Crippen molar-refractivity contribution < 1.29 is 14.6 Å². The van der Waals surface area contributed by atoms with E-state index in [1.54, 1.807) is 14.1 Å². The van der Waals surface area contributed by atoms with Crippen molar-refractivity contribution in [2.24, 2.45) is 25.4 Å². The molecule has 134 valence electrons. The molecule has 8 nitrogen and oxygen atoms in total. The summed E-state index contributed by atoms with van der Waals surface area (Å²) in [7, 11) is 3.33. The second-order valence-corrected chi connectivity index (χ2v) is 7.16. The summed E-state index contributed by atoms with van der Waals surface area (Å²) in [5, 5.41) is 17.6. The molecule has 1 aromatic heterocycles. The van der Waals surface area contributed by atoms with Gasteiger partial charge in [0.25, 0.3) is 0 Å². The minimum Gasteiger partial charge on any atom is -0.393 e. The first kappa shape index (κ1) is 17.2. The fourth-order valence-corrected chi connectivity index (χ4v) is 3.72. The summed E-state index contributed by atoms with van der Waals surface area (Å²) in [6.45, 7) is 3.38. The molecule has 0 bridgehead atoms. The first-order chi connectivity index (χ1) is 11.4. The summed E-state index contributed by atoms with van der Waals surface area (Å²) < 4.78 is 8.05. The average molecular weight is 338 g/mol. The smallest absolute Gasteiger partial charge is 0.345 e. The fraction of sp³-hybridized carbons (Fsp3) is 0.812. The normalized spacial score (nSPS) is 28.6. The molecule has 2 fully saturated rings. The third-order valence-electron chi connectivity index (χ3n) is 5.62. The van der Waals surface area contributed by atoms with E-state index in [2.05, 4.69) is 10.4 Å². The van der Waals surface area contributed by atoms with Crippen LogP contribution in [-0.2, 0) is 23.6 Å². The molecule has 2 N–H and O–H groups in total. The zero-order chi connectivity index (χ0) is 17.5. The van der Waals surface area contributed by atoms with E-state index in [0.717, 1.165) is 6.42 Å². The van der Waals surface area contributed by atoms with Gasteiger partial charge in [0.15, 0.2) is 0 Å². The minimum atomic E-state index is -0.498. The van der Waals surface area contributed by atoms with Crippen LogP contribution < -0.4 is 11.0 Å². The molecule has 1 aliphatic carbocycles. The molecule has 0 spiro atoms. The van der Waals surface area contributed by atoms with Crippen molar-refractivity contribution in [3.63, 3.8) is 0 Å². The van der Waals surface area contributed by atoms with Crippen LogP contribution in [0, 0.1) is 11.3 Å². The van der Waals surface area contributed by atoms with E-state index in [9.17, 15) is 14.7 Å². The lowest BCUT2D eigenvalue weighted by atomic mass is 9.82. The van der Waals surface area contributed by atoms with Gasteiger partial charge >= 0.3 is 5.69 Å². The molecule has 0 aromatic carbocycles. The van der Waals surface area contributed by atoms with E-state index >= 15 is 0 Å². The van der Waals surface area contributed by atoms with Crippen LogP contribution in [0.1, 0.15) is 37.9 Å². The highest BCUT2D eigenvalue weighted by Crippen LogP contribution is 2.37. The molecule has 3 rings (SSSR count). The zero-order valence-corrected chi connectivity index (χ0v) is 14.5. The summed E-state index contributed by atoms with van der Waals surface area (Å²) in [6, 6.07) is 0. The number of aromatic nitrogens is 3. The van der Waals surface area contributed by atoms with Crippen molar-refractivity contribution in [1.82, 2.24) is 19.7 Å². The molecule has 3 atom stereocenters. The third kappa shape index (κ3) is 2.77. The Morgan fingerprint density at radius 1 is 1.42 bits per heavy atom. The van der Waals surface area contributed by atoms with E-state index in [1.807, 2.05) is 6.92 Å². The number of nitrogens with zero attached hydrogens (tertiary/aromatic N) is 3. The van der Waals surface area contributed by atoms with Crippen LogP contribution in [0.4, 0.5) is 0 Å². The monoisotopic (exact) mass is 338 g/mol. The van der Waals surface area contributed by atoms with Gasteiger partial charge < -0.3 is 15.2 Å². The van der Waals surface area contributed by atoms with Gasteiger partial charge in [0.1, 0.15) is 5.82 Å².